The van der Waals surface area contributed by atoms with Crippen molar-refractivity contribution in [3.8, 4) is 22.8 Å². The number of hydrogen-bond donors (Lipinski definition) is 1. The van der Waals surface area contributed by atoms with Gasteiger partial charge < -0.3 is 19.1 Å². The van der Waals surface area contributed by atoms with Gasteiger partial charge in [0.2, 0.25) is 5.76 Å². The molecule has 0 unspecified atom stereocenters. The van der Waals surface area contributed by atoms with E-state index in [0.717, 1.165) is 4.47 Å². The topological polar surface area (TPSA) is 81.8 Å². The van der Waals surface area contributed by atoms with Crippen LogP contribution in [-0.2, 0) is 0 Å². The van der Waals surface area contributed by atoms with E-state index in [4.69, 9.17) is 19.1 Å². The number of aromatic carboxylic acids is 1. The van der Waals surface area contributed by atoms with Crippen molar-refractivity contribution in [2.24, 2.45) is 5.92 Å². The molecule has 1 fully saturated rings. The second kappa shape index (κ2) is 6.00. The zero-order chi connectivity index (χ0) is 15.7. The highest BCUT2D eigenvalue weighted by molar-refractivity contribution is 9.10. The average molecular weight is 368 g/mol. The van der Waals surface area contributed by atoms with Crippen molar-refractivity contribution in [3.63, 3.8) is 0 Å². The second-order valence-corrected chi connectivity index (χ2v) is 5.98. The Bertz CT molecular complexity index is 708. The predicted octanol–water partition coefficient (Wildman–Crippen LogP) is 3.60. The second-order valence-electron chi connectivity index (χ2n) is 5.13. The molecule has 1 N–H and O–H groups in total. The molecule has 1 aromatic carbocycles. The summed E-state index contributed by atoms with van der Waals surface area (Å²) in [6.07, 6.45) is 2.41. The minimum absolute atomic E-state index is 0.209. The first-order chi connectivity index (χ1) is 10.6. The third-order valence-corrected chi connectivity index (χ3v) is 4.00. The summed E-state index contributed by atoms with van der Waals surface area (Å²) in [5.74, 6) is 0.461. The Hall–Kier alpha value is -2.02. The van der Waals surface area contributed by atoms with Crippen LogP contribution < -0.4 is 9.47 Å². The van der Waals surface area contributed by atoms with E-state index in [1.54, 1.807) is 19.2 Å². The fourth-order valence-corrected chi connectivity index (χ4v) is 2.56. The third-order valence-electron chi connectivity index (χ3n) is 3.41. The van der Waals surface area contributed by atoms with Crippen LogP contribution in [0.25, 0.3) is 11.3 Å². The van der Waals surface area contributed by atoms with Crippen molar-refractivity contribution < 1.29 is 23.9 Å². The van der Waals surface area contributed by atoms with Crippen molar-refractivity contribution in [1.82, 2.24) is 5.16 Å². The number of nitrogens with zero attached hydrogens (tertiary/aromatic N) is 1. The highest BCUT2D eigenvalue weighted by Gasteiger charge is 2.24. The fraction of sp³-hybridized carbons (Fsp3) is 0.333. The summed E-state index contributed by atoms with van der Waals surface area (Å²) in [5.41, 5.74) is 1.10. The highest BCUT2D eigenvalue weighted by Crippen LogP contribution is 2.41. The molecule has 0 spiro atoms. The number of methoxy groups -OCH3 is 1. The molecule has 2 aromatic rings. The van der Waals surface area contributed by atoms with Crippen molar-refractivity contribution >= 4 is 21.9 Å². The maximum absolute atomic E-state index is 10.9. The summed E-state index contributed by atoms with van der Waals surface area (Å²) in [6, 6.07) is 4.92. The van der Waals surface area contributed by atoms with E-state index in [2.05, 4.69) is 21.1 Å². The van der Waals surface area contributed by atoms with Crippen molar-refractivity contribution in [2.45, 2.75) is 12.8 Å². The van der Waals surface area contributed by atoms with Gasteiger partial charge in [-0.1, -0.05) is 5.16 Å². The van der Waals surface area contributed by atoms with Crippen LogP contribution in [0.1, 0.15) is 23.4 Å². The largest absolute Gasteiger partial charge is 0.493 e. The lowest BCUT2D eigenvalue weighted by molar-refractivity contribution is 0.0652. The van der Waals surface area contributed by atoms with Crippen LogP contribution in [-0.4, -0.2) is 29.9 Å². The Morgan fingerprint density at radius 2 is 2.23 bits per heavy atom. The van der Waals surface area contributed by atoms with Crippen LogP contribution in [0.15, 0.2) is 27.2 Å². The van der Waals surface area contributed by atoms with Crippen LogP contribution >= 0.6 is 15.9 Å². The molecule has 0 atom stereocenters. The van der Waals surface area contributed by atoms with Crippen LogP contribution in [0.5, 0.6) is 11.5 Å². The zero-order valence-corrected chi connectivity index (χ0v) is 13.4. The van der Waals surface area contributed by atoms with E-state index in [9.17, 15) is 4.79 Å². The van der Waals surface area contributed by atoms with E-state index >= 15 is 0 Å². The smallest absolute Gasteiger partial charge is 0.374 e. The zero-order valence-electron chi connectivity index (χ0n) is 11.8. The predicted molar refractivity (Wildman–Crippen MR) is 81.4 cm³/mol. The van der Waals surface area contributed by atoms with Gasteiger partial charge in [-0.05, 0) is 46.8 Å². The van der Waals surface area contributed by atoms with E-state index in [1.807, 2.05) is 0 Å². The van der Waals surface area contributed by atoms with Gasteiger partial charge in [0.1, 0.15) is 5.69 Å². The maximum Gasteiger partial charge on any atom is 0.374 e. The molecule has 1 aliphatic carbocycles. The minimum atomic E-state index is -1.16. The van der Waals surface area contributed by atoms with Gasteiger partial charge >= 0.3 is 5.97 Å². The monoisotopic (exact) mass is 367 g/mol. The molecule has 22 heavy (non-hydrogen) atoms. The lowest BCUT2D eigenvalue weighted by atomic mass is 10.1. The number of carbonyl (C=O) groups is 1. The van der Waals surface area contributed by atoms with Crippen LogP contribution in [0, 0.1) is 5.92 Å². The molecule has 116 valence electrons. The molecule has 7 heteroatoms. The van der Waals surface area contributed by atoms with E-state index < -0.39 is 5.97 Å². The van der Waals surface area contributed by atoms with Gasteiger partial charge in [-0.3, -0.25) is 0 Å². The normalized spacial score (nSPS) is 13.9. The number of benzene rings is 1. The number of rotatable bonds is 6. The number of carboxylic acid groups (broad SMARTS) is 1. The molecular weight excluding hydrogens is 354 g/mol. The van der Waals surface area contributed by atoms with Gasteiger partial charge in [-0.15, -0.1) is 0 Å². The summed E-state index contributed by atoms with van der Waals surface area (Å²) >= 11 is 3.46. The molecule has 0 radical (unpaired) electrons. The summed E-state index contributed by atoms with van der Waals surface area (Å²) < 4.78 is 16.7. The van der Waals surface area contributed by atoms with Gasteiger partial charge in [0.25, 0.3) is 0 Å². The van der Waals surface area contributed by atoms with Gasteiger partial charge in [-0.2, -0.15) is 0 Å². The maximum atomic E-state index is 10.9. The lowest BCUT2D eigenvalue weighted by Gasteiger charge is -2.13. The summed E-state index contributed by atoms with van der Waals surface area (Å²) in [7, 11) is 1.56. The van der Waals surface area contributed by atoms with Crippen LogP contribution in [0.4, 0.5) is 0 Å². The van der Waals surface area contributed by atoms with Crippen molar-refractivity contribution in [3.05, 3.63) is 28.4 Å². The number of carboxylic acids is 1. The molecule has 1 saturated carbocycles. The first-order valence-corrected chi connectivity index (χ1v) is 7.58. The Kier molecular flexibility index (Phi) is 4.06. The molecule has 3 rings (SSSR count). The van der Waals surface area contributed by atoms with E-state index in [1.165, 1.54) is 18.9 Å². The minimum Gasteiger partial charge on any atom is -0.493 e. The summed E-state index contributed by atoms with van der Waals surface area (Å²) in [6.45, 7) is 0.668. The standard InChI is InChI=1S/C15H14BrNO5/c1-20-12-5-9(11-6-13(15(18)19)22-17-11)4-10(16)14(12)21-7-8-2-3-8/h4-6,8H,2-3,7H2,1H3,(H,18,19). The Labute approximate surface area is 135 Å². The van der Waals surface area contributed by atoms with Crippen molar-refractivity contribution in [2.75, 3.05) is 13.7 Å². The fourth-order valence-electron chi connectivity index (χ4n) is 2.01. The number of aromatic nitrogens is 1. The molecule has 0 saturated heterocycles. The summed E-state index contributed by atoms with van der Waals surface area (Å²) in [5, 5.41) is 12.6. The number of hydrogen-bond acceptors (Lipinski definition) is 5. The van der Waals surface area contributed by atoms with Crippen LogP contribution in [0.3, 0.4) is 0 Å². The van der Waals surface area contributed by atoms with Crippen molar-refractivity contribution in [1.29, 1.82) is 0 Å². The Morgan fingerprint density at radius 3 is 2.82 bits per heavy atom. The summed E-state index contributed by atoms with van der Waals surface area (Å²) in [4.78, 5) is 10.9. The number of halogens is 1. The molecule has 1 aliphatic rings. The molecule has 6 nitrogen and oxygen atoms in total. The van der Waals surface area contributed by atoms with Gasteiger partial charge in [-0.25, -0.2) is 4.79 Å². The van der Waals surface area contributed by atoms with Crippen LogP contribution in [0.2, 0.25) is 0 Å². The molecule has 0 aliphatic heterocycles. The first kappa shape index (κ1) is 14.9. The quantitative estimate of drug-likeness (QED) is 0.839. The molecule has 1 heterocycles. The highest BCUT2D eigenvalue weighted by atomic mass is 79.9. The lowest BCUT2D eigenvalue weighted by Crippen LogP contribution is -2.02. The van der Waals surface area contributed by atoms with Gasteiger partial charge in [0.15, 0.2) is 11.5 Å². The average Bonchev–Trinajstić information content (AvgIpc) is 3.18. The van der Waals surface area contributed by atoms with E-state index in [-0.39, 0.29) is 5.76 Å². The Balaban J connectivity index is 1.91. The van der Waals surface area contributed by atoms with Gasteiger partial charge in [0, 0.05) is 11.6 Å². The van der Waals surface area contributed by atoms with E-state index in [0.29, 0.717) is 35.3 Å². The molecule has 1 aromatic heterocycles. The molecule has 0 amide bonds. The SMILES string of the molecule is COc1cc(-c2cc(C(=O)O)on2)cc(Br)c1OCC1CC1. The third kappa shape index (κ3) is 3.09. The first-order valence-electron chi connectivity index (χ1n) is 6.79. The Morgan fingerprint density at radius 1 is 1.45 bits per heavy atom. The molecular formula is C15H14BrNO5. The van der Waals surface area contributed by atoms with Gasteiger partial charge in [0.05, 0.1) is 18.2 Å². The molecule has 0 bridgehead atoms. The number of ether oxygens (including phenoxy) is 2.